The smallest absolute Gasteiger partial charge is 0.0521 e. The van der Waals surface area contributed by atoms with Crippen molar-refractivity contribution in [2.75, 3.05) is 53.5 Å². The van der Waals surface area contributed by atoms with Gasteiger partial charge in [-0.15, -0.1) is 0 Å². The highest BCUT2D eigenvalue weighted by Crippen LogP contribution is 2.23. The van der Waals surface area contributed by atoms with Crippen LogP contribution in [0.2, 0.25) is 0 Å². The van der Waals surface area contributed by atoms with Crippen LogP contribution in [0, 0.1) is 11.8 Å². The molecule has 1 N–H and O–H groups in total. The van der Waals surface area contributed by atoms with Crippen LogP contribution in [0.15, 0.2) is 0 Å². The SMILES string of the molecule is CCNC1CCOCC1CN1CC(C)C(N(C)C)C1. The first kappa shape index (κ1) is 15.2. The maximum atomic E-state index is 5.69. The van der Waals surface area contributed by atoms with Crippen LogP contribution in [0.25, 0.3) is 0 Å². The molecule has 2 aliphatic heterocycles. The number of ether oxygens (including phenoxy) is 1. The molecule has 0 aromatic carbocycles. The largest absolute Gasteiger partial charge is 0.381 e. The maximum absolute atomic E-state index is 5.69. The van der Waals surface area contributed by atoms with Gasteiger partial charge < -0.3 is 19.9 Å². The second kappa shape index (κ2) is 7.02. The molecule has 4 heteroatoms. The van der Waals surface area contributed by atoms with Gasteiger partial charge in [-0.25, -0.2) is 0 Å². The molecule has 2 saturated heterocycles. The first-order valence-electron chi connectivity index (χ1n) is 7.81. The highest BCUT2D eigenvalue weighted by atomic mass is 16.5. The molecule has 0 spiro atoms. The van der Waals surface area contributed by atoms with Gasteiger partial charge in [0.05, 0.1) is 6.61 Å². The Morgan fingerprint density at radius 1 is 1.32 bits per heavy atom. The van der Waals surface area contributed by atoms with Crippen LogP contribution >= 0.6 is 0 Å². The monoisotopic (exact) mass is 269 g/mol. The van der Waals surface area contributed by atoms with E-state index in [4.69, 9.17) is 4.74 Å². The van der Waals surface area contributed by atoms with Gasteiger partial charge in [0, 0.05) is 44.2 Å². The van der Waals surface area contributed by atoms with E-state index >= 15 is 0 Å². The molecular formula is C15H31N3O. The molecule has 2 fully saturated rings. The number of likely N-dealkylation sites (tertiary alicyclic amines) is 1. The second-order valence-corrected chi connectivity index (χ2v) is 6.51. The van der Waals surface area contributed by atoms with Crippen molar-refractivity contribution in [3.63, 3.8) is 0 Å². The summed E-state index contributed by atoms with van der Waals surface area (Å²) in [7, 11) is 4.41. The fraction of sp³-hybridized carbons (Fsp3) is 1.00. The van der Waals surface area contributed by atoms with Crippen LogP contribution in [0.5, 0.6) is 0 Å². The van der Waals surface area contributed by atoms with Crippen LogP contribution in [0.4, 0.5) is 0 Å². The molecule has 4 nitrogen and oxygen atoms in total. The van der Waals surface area contributed by atoms with Gasteiger partial charge in [-0.3, -0.25) is 0 Å². The summed E-state index contributed by atoms with van der Waals surface area (Å²) in [5.74, 6) is 1.43. The molecule has 0 bridgehead atoms. The molecule has 0 aromatic rings. The molecule has 4 atom stereocenters. The van der Waals surface area contributed by atoms with E-state index in [0.717, 1.165) is 25.7 Å². The summed E-state index contributed by atoms with van der Waals surface area (Å²) >= 11 is 0. The average molecular weight is 269 g/mol. The first-order valence-corrected chi connectivity index (χ1v) is 7.81. The Balaban J connectivity index is 1.86. The molecule has 2 heterocycles. The van der Waals surface area contributed by atoms with Gasteiger partial charge >= 0.3 is 0 Å². The normalized spacial score (nSPS) is 37.1. The van der Waals surface area contributed by atoms with Gasteiger partial charge in [-0.05, 0) is 33.0 Å². The first-order chi connectivity index (χ1) is 9.11. The lowest BCUT2D eigenvalue weighted by Crippen LogP contribution is -2.47. The Kier molecular flexibility index (Phi) is 5.63. The minimum Gasteiger partial charge on any atom is -0.381 e. The van der Waals surface area contributed by atoms with Crippen molar-refractivity contribution in [1.82, 2.24) is 15.1 Å². The Morgan fingerprint density at radius 2 is 2.11 bits per heavy atom. The topological polar surface area (TPSA) is 27.7 Å². The minimum absolute atomic E-state index is 0.646. The van der Waals surface area contributed by atoms with Gasteiger partial charge in [0.25, 0.3) is 0 Å². The van der Waals surface area contributed by atoms with Crippen molar-refractivity contribution < 1.29 is 4.74 Å². The molecule has 0 aromatic heterocycles. The molecule has 0 amide bonds. The Bertz CT molecular complexity index is 270. The van der Waals surface area contributed by atoms with Gasteiger partial charge in [-0.1, -0.05) is 13.8 Å². The molecule has 0 radical (unpaired) electrons. The van der Waals surface area contributed by atoms with E-state index < -0.39 is 0 Å². The molecule has 19 heavy (non-hydrogen) atoms. The molecule has 0 aliphatic carbocycles. The van der Waals surface area contributed by atoms with Crippen LogP contribution < -0.4 is 5.32 Å². The zero-order chi connectivity index (χ0) is 13.8. The average Bonchev–Trinajstić information content (AvgIpc) is 2.73. The van der Waals surface area contributed by atoms with E-state index in [9.17, 15) is 0 Å². The fourth-order valence-electron chi connectivity index (χ4n) is 3.71. The van der Waals surface area contributed by atoms with E-state index in [1.165, 1.54) is 26.1 Å². The third kappa shape index (κ3) is 3.91. The highest BCUT2D eigenvalue weighted by molar-refractivity contribution is 4.90. The number of likely N-dealkylation sites (N-methyl/N-ethyl adjacent to an activating group) is 1. The molecule has 2 rings (SSSR count). The van der Waals surface area contributed by atoms with Crippen LogP contribution in [-0.4, -0.2) is 75.4 Å². The minimum atomic E-state index is 0.646. The zero-order valence-electron chi connectivity index (χ0n) is 13.1. The summed E-state index contributed by atoms with van der Waals surface area (Å²) in [5.41, 5.74) is 0. The molecule has 0 saturated carbocycles. The third-order valence-corrected chi connectivity index (χ3v) is 4.74. The van der Waals surface area contributed by atoms with Crippen molar-refractivity contribution in [2.45, 2.75) is 32.4 Å². The van der Waals surface area contributed by atoms with E-state index in [0.29, 0.717) is 18.0 Å². The van der Waals surface area contributed by atoms with Gasteiger partial charge in [0.2, 0.25) is 0 Å². The second-order valence-electron chi connectivity index (χ2n) is 6.51. The van der Waals surface area contributed by atoms with E-state index in [2.05, 4.69) is 43.1 Å². The molecular weight excluding hydrogens is 238 g/mol. The van der Waals surface area contributed by atoms with Crippen molar-refractivity contribution in [1.29, 1.82) is 0 Å². The van der Waals surface area contributed by atoms with Gasteiger partial charge in [0.15, 0.2) is 0 Å². The summed E-state index contributed by atoms with van der Waals surface area (Å²) < 4.78 is 5.69. The maximum Gasteiger partial charge on any atom is 0.0521 e. The lowest BCUT2D eigenvalue weighted by atomic mass is 9.95. The Labute approximate surface area is 118 Å². The fourth-order valence-corrected chi connectivity index (χ4v) is 3.71. The quantitative estimate of drug-likeness (QED) is 0.802. The summed E-state index contributed by atoms with van der Waals surface area (Å²) in [6.45, 7) is 11.1. The Morgan fingerprint density at radius 3 is 2.74 bits per heavy atom. The number of hydrogen-bond acceptors (Lipinski definition) is 4. The van der Waals surface area contributed by atoms with Crippen LogP contribution in [-0.2, 0) is 4.74 Å². The lowest BCUT2D eigenvalue weighted by molar-refractivity contribution is 0.0191. The van der Waals surface area contributed by atoms with E-state index in [1.807, 2.05) is 0 Å². The van der Waals surface area contributed by atoms with Crippen LogP contribution in [0.1, 0.15) is 20.3 Å². The molecule has 4 unspecified atom stereocenters. The van der Waals surface area contributed by atoms with Crippen molar-refractivity contribution in [3.8, 4) is 0 Å². The van der Waals surface area contributed by atoms with Crippen molar-refractivity contribution in [3.05, 3.63) is 0 Å². The Hall–Kier alpha value is -0.160. The highest BCUT2D eigenvalue weighted by Gasteiger charge is 2.34. The number of nitrogens with one attached hydrogen (secondary N) is 1. The van der Waals surface area contributed by atoms with Gasteiger partial charge in [0.1, 0.15) is 0 Å². The molecule has 112 valence electrons. The lowest BCUT2D eigenvalue weighted by Gasteiger charge is -2.34. The summed E-state index contributed by atoms with van der Waals surface area (Å²) in [6, 6.07) is 1.36. The van der Waals surface area contributed by atoms with Crippen LogP contribution in [0.3, 0.4) is 0 Å². The number of nitrogens with zero attached hydrogens (tertiary/aromatic N) is 2. The predicted octanol–water partition coefficient (Wildman–Crippen LogP) is 0.883. The third-order valence-electron chi connectivity index (χ3n) is 4.74. The number of rotatable bonds is 5. The molecule has 2 aliphatic rings. The standard InChI is InChI=1S/C15H31N3O/c1-5-16-14-6-7-19-11-13(14)9-18-8-12(2)15(10-18)17(3)4/h12-16H,5-11H2,1-4H3. The summed E-state index contributed by atoms with van der Waals surface area (Å²) in [6.07, 6.45) is 1.17. The summed E-state index contributed by atoms with van der Waals surface area (Å²) in [4.78, 5) is 5.02. The van der Waals surface area contributed by atoms with E-state index in [-0.39, 0.29) is 0 Å². The van der Waals surface area contributed by atoms with Crippen molar-refractivity contribution in [2.24, 2.45) is 11.8 Å². The number of hydrogen-bond donors (Lipinski definition) is 1. The van der Waals surface area contributed by atoms with Gasteiger partial charge in [-0.2, -0.15) is 0 Å². The summed E-state index contributed by atoms with van der Waals surface area (Å²) in [5, 5.41) is 3.64. The van der Waals surface area contributed by atoms with Crippen molar-refractivity contribution >= 4 is 0 Å². The zero-order valence-corrected chi connectivity index (χ0v) is 13.1. The van der Waals surface area contributed by atoms with E-state index in [1.54, 1.807) is 0 Å². The predicted molar refractivity (Wildman–Crippen MR) is 79.5 cm³/mol.